The summed E-state index contributed by atoms with van der Waals surface area (Å²) in [6, 6.07) is 7.45. The van der Waals surface area contributed by atoms with Crippen molar-refractivity contribution in [3.8, 4) is 0 Å². The van der Waals surface area contributed by atoms with Crippen molar-refractivity contribution in [1.82, 2.24) is 25.1 Å². The maximum absolute atomic E-state index is 13.3. The molecule has 0 bridgehead atoms. The number of nitrogens with one attached hydrogen (secondary N) is 2. The first-order chi connectivity index (χ1) is 13.9. The number of benzene rings is 1. The minimum absolute atomic E-state index is 0.205. The second-order valence-corrected chi connectivity index (χ2v) is 7.43. The molecule has 3 atom stereocenters. The number of imidazole rings is 1. The van der Waals surface area contributed by atoms with Gasteiger partial charge < -0.3 is 20.1 Å². The van der Waals surface area contributed by atoms with Crippen molar-refractivity contribution in [1.29, 1.82) is 0 Å². The van der Waals surface area contributed by atoms with Crippen molar-refractivity contribution in [3.05, 3.63) is 54.1 Å². The summed E-state index contributed by atoms with van der Waals surface area (Å²) < 4.78 is 1.82. The molecule has 0 aliphatic carbocycles. The highest BCUT2D eigenvalue weighted by Crippen LogP contribution is 2.24. The number of nitrogens with zero attached hydrogens (tertiary/aromatic N) is 3. The molecule has 0 radical (unpaired) electrons. The molecule has 8 heteroatoms. The van der Waals surface area contributed by atoms with Crippen LogP contribution in [0.2, 0.25) is 0 Å². The molecular weight excluding hydrogens is 370 g/mol. The molecule has 1 fully saturated rings. The van der Waals surface area contributed by atoms with Crippen LogP contribution in [0.1, 0.15) is 50.0 Å². The van der Waals surface area contributed by atoms with Gasteiger partial charge >= 0.3 is 0 Å². The predicted molar refractivity (Wildman–Crippen MR) is 108 cm³/mol. The number of aromatic nitrogens is 2. The molecule has 3 rings (SSSR count). The number of aryl methyl sites for hydroxylation is 1. The second kappa shape index (κ2) is 8.89. The molecule has 3 amide bonds. The van der Waals surface area contributed by atoms with Crippen LogP contribution in [0.5, 0.6) is 0 Å². The molecule has 1 aliphatic heterocycles. The normalized spacial score (nSPS) is 18.2. The van der Waals surface area contributed by atoms with Crippen LogP contribution in [0.4, 0.5) is 0 Å². The van der Waals surface area contributed by atoms with Crippen LogP contribution in [0, 0.1) is 0 Å². The summed E-state index contributed by atoms with van der Waals surface area (Å²) in [7, 11) is 1.87. The SMILES string of the molecule is CC(=O)NC(C(=O)N1CCCC1C(=O)NC(C)c1cn(C)cn1)c1ccccc1. The van der Waals surface area contributed by atoms with E-state index in [9.17, 15) is 14.4 Å². The first kappa shape index (κ1) is 20.6. The minimum Gasteiger partial charge on any atom is -0.346 e. The fourth-order valence-corrected chi connectivity index (χ4v) is 3.65. The quantitative estimate of drug-likeness (QED) is 0.771. The molecule has 3 unspecified atom stereocenters. The first-order valence-corrected chi connectivity index (χ1v) is 9.77. The highest BCUT2D eigenvalue weighted by atomic mass is 16.2. The van der Waals surface area contributed by atoms with Gasteiger partial charge in [0, 0.05) is 26.7 Å². The van der Waals surface area contributed by atoms with E-state index >= 15 is 0 Å². The van der Waals surface area contributed by atoms with E-state index in [2.05, 4.69) is 15.6 Å². The molecule has 1 saturated heterocycles. The van der Waals surface area contributed by atoms with Gasteiger partial charge in [0.15, 0.2) is 0 Å². The minimum atomic E-state index is -0.810. The molecule has 0 saturated carbocycles. The van der Waals surface area contributed by atoms with E-state index in [0.29, 0.717) is 18.5 Å². The van der Waals surface area contributed by atoms with Crippen LogP contribution in [-0.2, 0) is 21.4 Å². The van der Waals surface area contributed by atoms with E-state index in [-0.39, 0.29) is 23.8 Å². The standard InChI is InChI=1S/C21H27N5O3/c1-14(17-12-25(3)13-22-17)23-20(28)18-10-7-11-26(18)21(29)19(24-15(2)27)16-8-5-4-6-9-16/h4-6,8-9,12-14,18-19H,7,10-11H2,1-3H3,(H,23,28)(H,24,27). The molecule has 2 N–H and O–H groups in total. The zero-order chi connectivity index (χ0) is 21.0. The Balaban J connectivity index is 1.74. The summed E-state index contributed by atoms with van der Waals surface area (Å²) in [6.07, 6.45) is 4.86. The Hall–Kier alpha value is -3.16. The summed E-state index contributed by atoms with van der Waals surface area (Å²) in [6.45, 7) is 3.73. The number of carbonyl (C=O) groups excluding carboxylic acids is 3. The van der Waals surface area contributed by atoms with E-state index in [1.807, 2.05) is 42.9 Å². The van der Waals surface area contributed by atoms with Gasteiger partial charge in [0.05, 0.1) is 18.1 Å². The van der Waals surface area contributed by atoms with E-state index in [1.165, 1.54) is 6.92 Å². The molecule has 1 aromatic carbocycles. The number of rotatable bonds is 6. The molecule has 0 spiro atoms. The first-order valence-electron chi connectivity index (χ1n) is 9.77. The van der Waals surface area contributed by atoms with Crippen LogP contribution >= 0.6 is 0 Å². The largest absolute Gasteiger partial charge is 0.346 e. The Labute approximate surface area is 170 Å². The van der Waals surface area contributed by atoms with E-state index in [4.69, 9.17) is 0 Å². The summed E-state index contributed by atoms with van der Waals surface area (Å²) in [5.41, 5.74) is 1.46. The van der Waals surface area contributed by atoms with Crippen molar-refractivity contribution >= 4 is 17.7 Å². The van der Waals surface area contributed by atoms with Crippen LogP contribution in [0.25, 0.3) is 0 Å². The molecule has 154 valence electrons. The molecule has 1 aliphatic rings. The Morgan fingerprint density at radius 1 is 1.17 bits per heavy atom. The summed E-state index contributed by atoms with van der Waals surface area (Å²) in [5.74, 6) is -0.769. The third-order valence-corrected chi connectivity index (χ3v) is 5.09. The van der Waals surface area contributed by atoms with Crippen molar-refractivity contribution in [3.63, 3.8) is 0 Å². The predicted octanol–water partition coefficient (Wildman–Crippen LogP) is 1.47. The van der Waals surface area contributed by atoms with E-state index < -0.39 is 12.1 Å². The van der Waals surface area contributed by atoms with Gasteiger partial charge in [0.25, 0.3) is 0 Å². The molecular formula is C21H27N5O3. The molecule has 1 aromatic heterocycles. The fraction of sp³-hybridized carbons (Fsp3) is 0.429. The van der Waals surface area contributed by atoms with Crippen molar-refractivity contribution in [2.45, 2.75) is 44.8 Å². The topological polar surface area (TPSA) is 96.3 Å². The van der Waals surface area contributed by atoms with Crippen LogP contribution < -0.4 is 10.6 Å². The number of amides is 3. The lowest BCUT2D eigenvalue weighted by Crippen LogP contribution is -2.50. The summed E-state index contributed by atoms with van der Waals surface area (Å²) >= 11 is 0. The van der Waals surface area contributed by atoms with Crippen LogP contribution in [0.3, 0.4) is 0 Å². The maximum atomic E-state index is 13.3. The van der Waals surface area contributed by atoms with Crippen molar-refractivity contribution < 1.29 is 14.4 Å². The number of carbonyl (C=O) groups is 3. The highest BCUT2D eigenvalue weighted by molar-refractivity contribution is 5.93. The van der Waals surface area contributed by atoms with Crippen LogP contribution in [-0.4, -0.2) is 44.8 Å². The fourth-order valence-electron chi connectivity index (χ4n) is 3.65. The van der Waals surface area contributed by atoms with Crippen LogP contribution in [0.15, 0.2) is 42.9 Å². The van der Waals surface area contributed by atoms with E-state index in [1.54, 1.807) is 23.4 Å². The smallest absolute Gasteiger partial charge is 0.250 e. The second-order valence-electron chi connectivity index (χ2n) is 7.43. The monoisotopic (exact) mass is 397 g/mol. The zero-order valence-electron chi connectivity index (χ0n) is 17.0. The van der Waals surface area contributed by atoms with Crippen molar-refractivity contribution in [2.75, 3.05) is 6.54 Å². The summed E-state index contributed by atoms with van der Waals surface area (Å²) in [5, 5.41) is 5.69. The average Bonchev–Trinajstić information content (AvgIpc) is 3.35. The van der Waals surface area contributed by atoms with Gasteiger partial charge in [-0.2, -0.15) is 0 Å². The van der Waals surface area contributed by atoms with Gasteiger partial charge in [-0.25, -0.2) is 4.98 Å². The molecule has 2 aromatic rings. The van der Waals surface area contributed by atoms with Gasteiger partial charge in [-0.05, 0) is 25.3 Å². The average molecular weight is 397 g/mol. The third kappa shape index (κ3) is 4.82. The Kier molecular flexibility index (Phi) is 6.31. The zero-order valence-corrected chi connectivity index (χ0v) is 17.0. The molecule has 2 heterocycles. The lowest BCUT2D eigenvalue weighted by molar-refractivity contribution is -0.141. The van der Waals surface area contributed by atoms with Gasteiger partial charge in [-0.3, -0.25) is 14.4 Å². The highest BCUT2D eigenvalue weighted by Gasteiger charge is 2.38. The van der Waals surface area contributed by atoms with Gasteiger partial charge in [-0.15, -0.1) is 0 Å². The lowest BCUT2D eigenvalue weighted by Gasteiger charge is -2.29. The van der Waals surface area contributed by atoms with Crippen molar-refractivity contribution in [2.24, 2.45) is 7.05 Å². The number of likely N-dealkylation sites (tertiary alicyclic amines) is 1. The molecule has 8 nitrogen and oxygen atoms in total. The number of hydrogen-bond acceptors (Lipinski definition) is 4. The Morgan fingerprint density at radius 3 is 2.52 bits per heavy atom. The number of hydrogen-bond donors (Lipinski definition) is 2. The Morgan fingerprint density at radius 2 is 1.90 bits per heavy atom. The Bertz CT molecular complexity index is 879. The van der Waals surface area contributed by atoms with Gasteiger partial charge in [-0.1, -0.05) is 30.3 Å². The maximum Gasteiger partial charge on any atom is 0.250 e. The molecule has 29 heavy (non-hydrogen) atoms. The summed E-state index contributed by atoms with van der Waals surface area (Å²) in [4.78, 5) is 43.7. The van der Waals surface area contributed by atoms with E-state index in [0.717, 1.165) is 12.1 Å². The van der Waals surface area contributed by atoms with Gasteiger partial charge in [0.2, 0.25) is 17.7 Å². The lowest BCUT2D eigenvalue weighted by atomic mass is 10.0. The van der Waals surface area contributed by atoms with Gasteiger partial charge in [0.1, 0.15) is 12.1 Å². The third-order valence-electron chi connectivity index (χ3n) is 5.09.